The maximum atomic E-state index is 10.9. The van der Waals surface area contributed by atoms with Crippen molar-refractivity contribution in [2.75, 3.05) is 5.32 Å². The van der Waals surface area contributed by atoms with Crippen molar-refractivity contribution in [3.05, 3.63) is 24.0 Å². The predicted octanol–water partition coefficient (Wildman–Crippen LogP) is 3.16. The molecule has 0 amide bonds. The highest BCUT2D eigenvalue weighted by molar-refractivity contribution is 5.86. The monoisotopic (exact) mass is 248 g/mol. The third kappa shape index (κ3) is 3.22. The maximum Gasteiger partial charge on any atom is 0.354 e. The minimum Gasteiger partial charge on any atom is -0.477 e. The summed E-state index contributed by atoms with van der Waals surface area (Å²) in [6.45, 7) is 4.58. The van der Waals surface area contributed by atoms with Crippen molar-refractivity contribution in [1.82, 2.24) is 4.98 Å². The van der Waals surface area contributed by atoms with Crippen LogP contribution >= 0.6 is 0 Å². The molecule has 98 valence electrons. The highest BCUT2D eigenvalue weighted by atomic mass is 16.4. The van der Waals surface area contributed by atoms with Crippen molar-refractivity contribution in [1.29, 1.82) is 0 Å². The number of carboxylic acids is 1. The second-order valence-corrected chi connectivity index (χ2v) is 5.84. The first-order valence-corrected chi connectivity index (χ1v) is 6.42. The summed E-state index contributed by atoms with van der Waals surface area (Å²) in [5.74, 6) is -0.984. The number of carboxylic acid groups (broad SMARTS) is 1. The summed E-state index contributed by atoms with van der Waals surface area (Å²) in [6, 6.07) is 3.86. The third-order valence-corrected chi connectivity index (χ3v) is 3.55. The van der Waals surface area contributed by atoms with Gasteiger partial charge in [-0.25, -0.2) is 9.78 Å². The first-order chi connectivity index (χ1) is 8.46. The Morgan fingerprint density at radius 3 is 3.00 bits per heavy atom. The Morgan fingerprint density at radius 1 is 1.56 bits per heavy atom. The molecular weight excluding hydrogens is 228 g/mol. The van der Waals surface area contributed by atoms with E-state index in [9.17, 15) is 4.79 Å². The van der Waals surface area contributed by atoms with Crippen LogP contribution < -0.4 is 5.32 Å². The Hall–Kier alpha value is -1.58. The average Bonchev–Trinajstić information content (AvgIpc) is 2.28. The van der Waals surface area contributed by atoms with Gasteiger partial charge in [-0.05, 0) is 36.8 Å². The summed E-state index contributed by atoms with van der Waals surface area (Å²) in [7, 11) is 0. The fourth-order valence-corrected chi connectivity index (χ4v) is 2.69. The number of aromatic carboxylic acids is 1. The van der Waals surface area contributed by atoms with Gasteiger partial charge in [-0.15, -0.1) is 0 Å². The molecular formula is C14H20N2O2. The Bertz CT molecular complexity index is 443. The third-order valence-electron chi connectivity index (χ3n) is 3.55. The zero-order chi connectivity index (χ0) is 13.2. The summed E-state index contributed by atoms with van der Waals surface area (Å²) in [4.78, 5) is 14.7. The Kier molecular flexibility index (Phi) is 3.55. The quantitative estimate of drug-likeness (QED) is 0.862. The van der Waals surface area contributed by atoms with Gasteiger partial charge in [-0.1, -0.05) is 20.3 Å². The smallest absolute Gasteiger partial charge is 0.354 e. The highest BCUT2D eigenvalue weighted by Crippen LogP contribution is 2.36. The van der Waals surface area contributed by atoms with E-state index in [0.29, 0.717) is 11.5 Å². The normalized spacial score (nSPS) is 22.4. The lowest BCUT2D eigenvalue weighted by atomic mass is 9.75. The zero-order valence-corrected chi connectivity index (χ0v) is 10.9. The minimum absolute atomic E-state index is 0.0927. The van der Waals surface area contributed by atoms with Crippen LogP contribution in [0.1, 0.15) is 50.0 Å². The molecule has 2 rings (SSSR count). The number of nitrogens with zero attached hydrogens (tertiary/aromatic N) is 1. The van der Waals surface area contributed by atoms with Crippen molar-refractivity contribution in [2.45, 2.75) is 45.6 Å². The molecule has 0 radical (unpaired) electrons. The number of hydrogen-bond acceptors (Lipinski definition) is 3. The molecule has 4 heteroatoms. The van der Waals surface area contributed by atoms with Crippen LogP contribution in [0, 0.1) is 5.41 Å². The van der Waals surface area contributed by atoms with E-state index < -0.39 is 5.97 Å². The van der Waals surface area contributed by atoms with E-state index >= 15 is 0 Å². The standard InChI is InChI=1S/C14H20N2O2/c1-14(2)6-3-4-11(9-14)16-10-5-7-15-12(8-10)13(17)18/h5,7-8,11H,3-4,6,9H2,1-2H3,(H,15,16)(H,17,18). The Morgan fingerprint density at radius 2 is 2.33 bits per heavy atom. The van der Waals surface area contributed by atoms with Gasteiger partial charge in [0.2, 0.25) is 0 Å². The molecule has 1 saturated carbocycles. The lowest BCUT2D eigenvalue weighted by Gasteiger charge is -2.36. The molecule has 1 unspecified atom stereocenters. The number of nitrogens with one attached hydrogen (secondary N) is 1. The Labute approximate surface area is 107 Å². The van der Waals surface area contributed by atoms with E-state index in [-0.39, 0.29) is 5.69 Å². The molecule has 0 saturated heterocycles. The summed E-state index contributed by atoms with van der Waals surface area (Å²) >= 11 is 0. The van der Waals surface area contributed by atoms with Gasteiger partial charge in [0.1, 0.15) is 5.69 Å². The van der Waals surface area contributed by atoms with Crippen LogP contribution in [0.3, 0.4) is 0 Å². The largest absolute Gasteiger partial charge is 0.477 e. The maximum absolute atomic E-state index is 10.9. The molecule has 4 nitrogen and oxygen atoms in total. The van der Waals surface area contributed by atoms with E-state index in [0.717, 1.165) is 18.5 Å². The van der Waals surface area contributed by atoms with E-state index in [4.69, 9.17) is 5.11 Å². The van der Waals surface area contributed by atoms with E-state index in [1.165, 1.54) is 12.8 Å². The molecule has 1 fully saturated rings. The van der Waals surface area contributed by atoms with Gasteiger partial charge in [-0.2, -0.15) is 0 Å². The summed E-state index contributed by atoms with van der Waals surface area (Å²) in [5.41, 5.74) is 1.32. The second kappa shape index (κ2) is 4.96. The molecule has 1 heterocycles. The van der Waals surface area contributed by atoms with Crippen LogP contribution in [-0.4, -0.2) is 22.1 Å². The molecule has 0 spiro atoms. The summed E-state index contributed by atoms with van der Waals surface area (Å²) in [5, 5.41) is 12.3. The summed E-state index contributed by atoms with van der Waals surface area (Å²) in [6.07, 6.45) is 6.30. The van der Waals surface area contributed by atoms with Crippen LogP contribution in [-0.2, 0) is 0 Å². The molecule has 1 atom stereocenters. The van der Waals surface area contributed by atoms with Gasteiger partial charge < -0.3 is 10.4 Å². The fourth-order valence-electron chi connectivity index (χ4n) is 2.69. The first kappa shape index (κ1) is 12.9. The second-order valence-electron chi connectivity index (χ2n) is 5.84. The SMILES string of the molecule is CC1(C)CCCC(Nc2ccnc(C(=O)O)c2)C1. The van der Waals surface area contributed by atoms with Gasteiger partial charge in [0.15, 0.2) is 0 Å². The molecule has 1 aromatic rings. The van der Waals surface area contributed by atoms with Crippen molar-refractivity contribution in [3.8, 4) is 0 Å². The molecule has 0 bridgehead atoms. The van der Waals surface area contributed by atoms with Gasteiger partial charge >= 0.3 is 5.97 Å². The molecule has 2 N–H and O–H groups in total. The topological polar surface area (TPSA) is 62.2 Å². The number of hydrogen-bond donors (Lipinski definition) is 2. The van der Waals surface area contributed by atoms with Crippen LogP contribution in [0.4, 0.5) is 5.69 Å². The molecule has 0 aliphatic heterocycles. The lowest BCUT2D eigenvalue weighted by Crippen LogP contribution is -2.31. The number of pyridine rings is 1. The Balaban J connectivity index is 2.05. The fraction of sp³-hybridized carbons (Fsp3) is 0.571. The van der Waals surface area contributed by atoms with Crippen molar-refractivity contribution >= 4 is 11.7 Å². The molecule has 18 heavy (non-hydrogen) atoms. The number of aromatic nitrogens is 1. The van der Waals surface area contributed by atoms with Gasteiger partial charge in [0, 0.05) is 17.9 Å². The van der Waals surface area contributed by atoms with Gasteiger partial charge in [0.05, 0.1) is 0 Å². The minimum atomic E-state index is -0.984. The molecule has 1 aromatic heterocycles. The van der Waals surface area contributed by atoms with Crippen molar-refractivity contribution in [2.24, 2.45) is 5.41 Å². The van der Waals surface area contributed by atoms with Gasteiger partial charge in [-0.3, -0.25) is 0 Å². The zero-order valence-electron chi connectivity index (χ0n) is 10.9. The van der Waals surface area contributed by atoms with Gasteiger partial charge in [0.25, 0.3) is 0 Å². The van der Waals surface area contributed by atoms with E-state index in [1.54, 1.807) is 12.3 Å². The van der Waals surface area contributed by atoms with E-state index in [2.05, 4.69) is 24.1 Å². The number of carbonyl (C=O) groups is 1. The highest BCUT2D eigenvalue weighted by Gasteiger charge is 2.27. The number of rotatable bonds is 3. The molecule has 1 aliphatic carbocycles. The predicted molar refractivity (Wildman–Crippen MR) is 70.9 cm³/mol. The van der Waals surface area contributed by atoms with Crippen LogP contribution in [0.2, 0.25) is 0 Å². The van der Waals surface area contributed by atoms with E-state index in [1.807, 2.05) is 6.07 Å². The molecule has 1 aliphatic rings. The molecule has 0 aromatic carbocycles. The van der Waals surface area contributed by atoms with Crippen molar-refractivity contribution < 1.29 is 9.90 Å². The van der Waals surface area contributed by atoms with Crippen molar-refractivity contribution in [3.63, 3.8) is 0 Å². The van der Waals surface area contributed by atoms with Crippen LogP contribution in [0.25, 0.3) is 0 Å². The lowest BCUT2D eigenvalue weighted by molar-refractivity contribution is 0.0690. The average molecular weight is 248 g/mol. The first-order valence-electron chi connectivity index (χ1n) is 6.42. The van der Waals surface area contributed by atoms with Crippen LogP contribution in [0.15, 0.2) is 18.3 Å². The van der Waals surface area contributed by atoms with Crippen LogP contribution in [0.5, 0.6) is 0 Å². The summed E-state index contributed by atoms with van der Waals surface area (Å²) < 4.78 is 0. The number of anilines is 1.